The Balaban J connectivity index is 1.95. The van der Waals surface area contributed by atoms with E-state index in [4.69, 9.17) is 0 Å². The number of hydrogen-bond acceptors (Lipinski definition) is 5. The molecule has 1 aliphatic rings. The number of aromatic nitrogens is 3. The third-order valence-corrected chi connectivity index (χ3v) is 4.49. The molecule has 7 heteroatoms. The van der Waals surface area contributed by atoms with Crippen LogP contribution in [-0.2, 0) is 20.0 Å². The molecule has 0 spiro atoms. The maximum Gasteiger partial charge on any atom is 0.338 e. The summed E-state index contributed by atoms with van der Waals surface area (Å²) in [5.74, 6) is -0.919. The number of nitrogens with zero attached hydrogens (tertiary/aromatic N) is 5. The fourth-order valence-corrected chi connectivity index (χ4v) is 3.16. The molecule has 24 heavy (non-hydrogen) atoms. The fraction of sp³-hybridized carbons (Fsp3) is 0.471. The van der Waals surface area contributed by atoms with E-state index >= 15 is 0 Å². The zero-order valence-corrected chi connectivity index (χ0v) is 14.4. The van der Waals surface area contributed by atoms with Crippen LogP contribution in [-0.4, -0.2) is 69.4 Å². The maximum absolute atomic E-state index is 11.9. The van der Waals surface area contributed by atoms with Crippen molar-refractivity contribution >= 4 is 5.97 Å². The van der Waals surface area contributed by atoms with Crippen molar-refractivity contribution in [1.82, 2.24) is 24.6 Å². The van der Waals surface area contributed by atoms with Gasteiger partial charge in [-0.2, -0.15) is 5.10 Å². The van der Waals surface area contributed by atoms with Crippen LogP contribution in [0, 0.1) is 0 Å². The largest absolute Gasteiger partial charge is 0.478 e. The third-order valence-electron chi connectivity index (χ3n) is 4.49. The van der Waals surface area contributed by atoms with Gasteiger partial charge in [0.15, 0.2) is 0 Å². The lowest BCUT2D eigenvalue weighted by atomic mass is 9.94. The SMILES string of the molecule is CN(C)CCN1CCc2c(cnc(-c3ccnn3C)c2C(=O)O)C1. The topological polar surface area (TPSA) is 74.5 Å². The van der Waals surface area contributed by atoms with E-state index in [0.29, 0.717) is 11.3 Å². The molecule has 0 fully saturated rings. The molecule has 0 atom stereocenters. The van der Waals surface area contributed by atoms with Crippen molar-refractivity contribution in [3.63, 3.8) is 0 Å². The standard InChI is InChI=1S/C17H23N5O2/c1-20(2)8-9-22-7-5-13-12(11-22)10-18-16(15(13)17(23)24)14-4-6-19-21(14)3/h4,6,10H,5,7-9,11H2,1-3H3,(H,23,24). The number of carboxylic acids is 1. The Hall–Kier alpha value is -2.25. The number of rotatable bonds is 5. The Bertz CT molecular complexity index is 753. The number of aromatic carboxylic acids is 1. The van der Waals surface area contributed by atoms with Crippen LogP contribution < -0.4 is 0 Å². The van der Waals surface area contributed by atoms with Gasteiger partial charge in [-0.05, 0) is 37.7 Å². The highest BCUT2D eigenvalue weighted by molar-refractivity contribution is 5.96. The first-order valence-corrected chi connectivity index (χ1v) is 8.07. The molecule has 0 bridgehead atoms. The average Bonchev–Trinajstić information content (AvgIpc) is 2.97. The molecule has 0 unspecified atom stereocenters. The summed E-state index contributed by atoms with van der Waals surface area (Å²) >= 11 is 0. The van der Waals surface area contributed by atoms with Crippen molar-refractivity contribution in [3.05, 3.63) is 35.2 Å². The molecule has 3 heterocycles. The zero-order chi connectivity index (χ0) is 17.3. The average molecular weight is 329 g/mol. The summed E-state index contributed by atoms with van der Waals surface area (Å²) in [5, 5.41) is 13.9. The van der Waals surface area contributed by atoms with Gasteiger partial charge < -0.3 is 10.0 Å². The molecular weight excluding hydrogens is 306 g/mol. The summed E-state index contributed by atoms with van der Waals surface area (Å²) in [6.45, 7) is 3.58. The van der Waals surface area contributed by atoms with Crippen LogP contribution in [0.1, 0.15) is 21.5 Å². The first kappa shape index (κ1) is 16.6. The Morgan fingerprint density at radius 1 is 1.42 bits per heavy atom. The van der Waals surface area contributed by atoms with E-state index in [9.17, 15) is 9.90 Å². The molecular formula is C17H23N5O2. The van der Waals surface area contributed by atoms with Crippen LogP contribution in [0.2, 0.25) is 0 Å². The molecule has 1 aliphatic heterocycles. The summed E-state index contributed by atoms with van der Waals surface area (Å²) in [6, 6.07) is 1.80. The minimum atomic E-state index is -0.919. The summed E-state index contributed by atoms with van der Waals surface area (Å²) in [6.07, 6.45) is 4.22. The van der Waals surface area contributed by atoms with Gasteiger partial charge in [-0.15, -0.1) is 0 Å². The van der Waals surface area contributed by atoms with Crippen LogP contribution in [0.4, 0.5) is 0 Å². The van der Waals surface area contributed by atoms with Crippen molar-refractivity contribution in [3.8, 4) is 11.4 Å². The van der Waals surface area contributed by atoms with Gasteiger partial charge >= 0.3 is 5.97 Å². The van der Waals surface area contributed by atoms with E-state index < -0.39 is 5.97 Å². The molecule has 0 radical (unpaired) electrons. The van der Waals surface area contributed by atoms with E-state index in [1.54, 1.807) is 24.0 Å². The number of pyridine rings is 1. The first-order chi connectivity index (χ1) is 11.5. The molecule has 0 amide bonds. The second-order valence-corrected chi connectivity index (χ2v) is 6.46. The molecule has 128 valence electrons. The van der Waals surface area contributed by atoms with Gasteiger partial charge in [0, 0.05) is 45.6 Å². The van der Waals surface area contributed by atoms with Gasteiger partial charge in [0.25, 0.3) is 0 Å². The molecule has 0 saturated heterocycles. The van der Waals surface area contributed by atoms with Gasteiger partial charge in [0.05, 0.1) is 11.3 Å². The van der Waals surface area contributed by atoms with E-state index in [1.165, 1.54) is 0 Å². The van der Waals surface area contributed by atoms with Crippen molar-refractivity contribution in [2.45, 2.75) is 13.0 Å². The second-order valence-electron chi connectivity index (χ2n) is 6.46. The van der Waals surface area contributed by atoms with Crippen molar-refractivity contribution in [2.75, 3.05) is 33.7 Å². The smallest absolute Gasteiger partial charge is 0.338 e. The number of hydrogen-bond donors (Lipinski definition) is 1. The molecule has 2 aromatic heterocycles. The van der Waals surface area contributed by atoms with Gasteiger partial charge in [-0.3, -0.25) is 14.6 Å². The number of carbonyl (C=O) groups is 1. The summed E-state index contributed by atoms with van der Waals surface area (Å²) in [4.78, 5) is 20.9. The van der Waals surface area contributed by atoms with Gasteiger partial charge in [-0.25, -0.2) is 4.79 Å². The van der Waals surface area contributed by atoms with Crippen LogP contribution in [0.25, 0.3) is 11.4 Å². The van der Waals surface area contributed by atoms with Crippen LogP contribution >= 0.6 is 0 Å². The normalized spacial score (nSPS) is 14.8. The van der Waals surface area contributed by atoms with Crippen LogP contribution in [0.15, 0.2) is 18.5 Å². The monoisotopic (exact) mass is 329 g/mol. The fourth-order valence-electron chi connectivity index (χ4n) is 3.16. The molecule has 0 aromatic carbocycles. The lowest BCUT2D eigenvalue weighted by molar-refractivity contribution is 0.0695. The summed E-state index contributed by atoms with van der Waals surface area (Å²) < 4.78 is 1.66. The predicted molar refractivity (Wildman–Crippen MR) is 90.9 cm³/mol. The van der Waals surface area contributed by atoms with Gasteiger partial charge in [0.2, 0.25) is 0 Å². The molecule has 2 aromatic rings. The Labute approximate surface area is 141 Å². The lowest BCUT2D eigenvalue weighted by Gasteiger charge is -2.30. The van der Waals surface area contributed by atoms with Crippen LogP contribution in [0.5, 0.6) is 0 Å². The van der Waals surface area contributed by atoms with Crippen LogP contribution in [0.3, 0.4) is 0 Å². The highest BCUT2D eigenvalue weighted by Crippen LogP contribution is 2.29. The minimum Gasteiger partial charge on any atom is -0.478 e. The number of fused-ring (bicyclic) bond motifs is 1. The third kappa shape index (κ3) is 3.18. The number of likely N-dealkylation sites (N-methyl/N-ethyl adjacent to an activating group) is 1. The Kier molecular flexibility index (Phi) is 4.64. The van der Waals surface area contributed by atoms with E-state index in [0.717, 1.165) is 49.4 Å². The minimum absolute atomic E-state index is 0.323. The Morgan fingerprint density at radius 3 is 2.83 bits per heavy atom. The highest BCUT2D eigenvalue weighted by atomic mass is 16.4. The van der Waals surface area contributed by atoms with E-state index in [-0.39, 0.29) is 0 Å². The second kappa shape index (κ2) is 6.70. The summed E-state index contributed by atoms with van der Waals surface area (Å²) in [5.41, 5.74) is 3.48. The highest BCUT2D eigenvalue weighted by Gasteiger charge is 2.26. The Morgan fingerprint density at radius 2 is 2.21 bits per heavy atom. The molecule has 7 nitrogen and oxygen atoms in total. The van der Waals surface area contributed by atoms with E-state index in [2.05, 4.69) is 34.0 Å². The molecule has 1 N–H and O–H groups in total. The quantitative estimate of drug-likeness (QED) is 0.885. The van der Waals surface area contributed by atoms with Gasteiger partial charge in [0.1, 0.15) is 5.69 Å². The lowest BCUT2D eigenvalue weighted by Crippen LogP contribution is -2.36. The summed E-state index contributed by atoms with van der Waals surface area (Å²) in [7, 11) is 5.91. The van der Waals surface area contributed by atoms with Gasteiger partial charge in [-0.1, -0.05) is 0 Å². The van der Waals surface area contributed by atoms with Crippen molar-refractivity contribution < 1.29 is 9.90 Å². The zero-order valence-electron chi connectivity index (χ0n) is 14.4. The number of carboxylic acid groups (broad SMARTS) is 1. The van der Waals surface area contributed by atoms with E-state index in [1.807, 2.05) is 6.20 Å². The molecule has 0 aliphatic carbocycles. The number of aryl methyl sites for hydroxylation is 1. The first-order valence-electron chi connectivity index (χ1n) is 8.07. The predicted octanol–water partition coefficient (Wildman–Crippen LogP) is 1.10. The molecule has 0 saturated carbocycles. The van der Waals surface area contributed by atoms with Crippen molar-refractivity contribution in [1.29, 1.82) is 0 Å². The maximum atomic E-state index is 11.9. The molecule has 3 rings (SSSR count). The van der Waals surface area contributed by atoms with Crippen molar-refractivity contribution in [2.24, 2.45) is 7.05 Å².